The summed E-state index contributed by atoms with van der Waals surface area (Å²) in [5, 5.41) is 10.7. The monoisotopic (exact) mass is 322 g/mol. The molecule has 0 aliphatic carbocycles. The average Bonchev–Trinajstić information content (AvgIpc) is 2.87. The predicted octanol–water partition coefficient (Wildman–Crippen LogP) is 2.00. The van der Waals surface area contributed by atoms with Gasteiger partial charge in [0.1, 0.15) is 0 Å². The lowest BCUT2D eigenvalue weighted by atomic mass is 9.73. The fraction of sp³-hybridized carbons (Fsp3) is 0.588. The molecule has 1 aromatic carbocycles. The van der Waals surface area contributed by atoms with Crippen LogP contribution in [0.3, 0.4) is 0 Å². The predicted molar refractivity (Wildman–Crippen MR) is 86.6 cm³/mol. The van der Waals surface area contributed by atoms with Crippen molar-refractivity contribution in [2.45, 2.75) is 19.9 Å². The Hall–Kier alpha value is -1.10. The second-order valence-electron chi connectivity index (χ2n) is 6.73. The Morgan fingerprint density at radius 3 is 2.73 bits per heavy atom. The quantitative estimate of drug-likeness (QED) is 0.925. The van der Waals surface area contributed by atoms with Crippen molar-refractivity contribution in [1.82, 2.24) is 9.80 Å². The normalized spacial score (nSPS) is 28.7. The number of amides is 1. The lowest BCUT2D eigenvalue weighted by molar-refractivity contribution is -0.133. The zero-order valence-electron chi connectivity index (χ0n) is 13.0. The Labute approximate surface area is 136 Å². The molecule has 22 heavy (non-hydrogen) atoms. The van der Waals surface area contributed by atoms with Crippen molar-refractivity contribution in [1.29, 1.82) is 0 Å². The van der Waals surface area contributed by atoms with Crippen LogP contribution in [0.4, 0.5) is 0 Å². The van der Waals surface area contributed by atoms with E-state index in [1.54, 1.807) is 6.92 Å². The van der Waals surface area contributed by atoms with Gasteiger partial charge in [-0.05, 0) is 30.0 Å². The summed E-state index contributed by atoms with van der Waals surface area (Å²) in [6.45, 7) is 6.09. The minimum atomic E-state index is -0.0433. The fourth-order valence-corrected chi connectivity index (χ4v) is 4.03. The minimum Gasteiger partial charge on any atom is -0.396 e. The third-order valence-corrected chi connectivity index (χ3v) is 5.54. The van der Waals surface area contributed by atoms with Crippen LogP contribution in [0.1, 0.15) is 18.9 Å². The van der Waals surface area contributed by atoms with Gasteiger partial charge in [-0.15, -0.1) is 0 Å². The smallest absolute Gasteiger partial charge is 0.219 e. The van der Waals surface area contributed by atoms with E-state index in [2.05, 4.69) is 17.0 Å². The van der Waals surface area contributed by atoms with Gasteiger partial charge in [-0.3, -0.25) is 9.69 Å². The molecular weight excluding hydrogens is 300 g/mol. The number of rotatable bonds is 3. The van der Waals surface area contributed by atoms with Crippen molar-refractivity contribution in [2.75, 3.05) is 32.8 Å². The molecule has 4 nitrogen and oxygen atoms in total. The number of carbonyl (C=O) groups is 1. The maximum Gasteiger partial charge on any atom is 0.219 e. The van der Waals surface area contributed by atoms with E-state index in [4.69, 9.17) is 11.6 Å². The minimum absolute atomic E-state index is 0.0433. The maximum atomic E-state index is 11.6. The van der Waals surface area contributed by atoms with Gasteiger partial charge >= 0.3 is 0 Å². The molecule has 120 valence electrons. The number of hydrogen-bond acceptors (Lipinski definition) is 3. The topological polar surface area (TPSA) is 43.8 Å². The summed E-state index contributed by atoms with van der Waals surface area (Å²) < 4.78 is 0. The first-order valence-corrected chi connectivity index (χ1v) is 8.23. The van der Waals surface area contributed by atoms with Crippen LogP contribution in [0, 0.1) is 11.3 Å². The summed E-state index contributed by atoms with van der Waals surface area (Å²) in [6, 6.07) is 7.94. The third-order valence-electron chi connectivity index (χ3n) is 5.28. The van der Waals surface area contributed by atoms with Crippen LogP contribution in [-0.4, -0.2) is 53.6 Å². The number of piperidine rings is 1. The van der Waals surface area contributed by atoms with Crippen molar-refractivity contribution < 1.29 is 9.90 Å². The van der Waals surface area contributed by atoms with Gasteiger partial charge in [-0.25, -0.2) is 0 Å². The molecule has 0 radical (unpaired) electrons. The van der Waals surface area contributed by atoms with E-state index in [0.717, 1.165) is 44.2 Å². The molecule has 2 unspecified atom stereocenters. The Morgan fingerprint density at radius 2 is 2.09 bits per heavy atom. The van der Waals surface area contributed by atoms with Crippen LogP contribution in [0.15, 0.2) is 24.3 Å². The number of fused-ring (bicyclic) bond motifs is 1. The van der Waals surface area contributed by atoms with E-state index in [9.17, 15) is 9.90 Å². The van der Waals surface area contributed by atoms with Gasteiger partial charge in [0.2, 0.25) is 5.91 Å². The fourth-order valence-electron chi connectivity index (χ4n) is 3.91. The van der Waals surface area contributed by atoms with Crippen molar-refractivity contribution in [3.63, 3.8) is 0 Å². The lowest BCUT2D eigenvalue weighted by Crippen LogP contribution is -2.50. The number of aliphatic hydroxyl groups excluding tert-OH is 1. The Morgan fingerprint density at radius 1 is 1.36 bits per heavy atom. The summed E-state index contributed by atoms with van der Waals surface area (Å²) in [5.41, 5.74) is 1.19. The molecule has 3 rings (SSSR count). The molecule has 1 N–H and O–H groups in total. The van der Waals surface area contributed by atoms with Crippen molar-refractivity contribution in [2.24, 2.45) is 11.3 Å². The van der Waals surface area contributed by atoms with Crippen LogP contribution in [-0.2, 0) is 11.3 Å². The van der Waals surface area contributed by atoms with Gasteiger partial charge in [-0.1, -0.05) is 23.7 Å². The highest BCUT2D eigenvalue weighted by Gasteiger charge is 2.49. The van der Waals surface area contributed by atoms with Crippen molar-refractivity contribution in [3.05, 3.63) is 34.9 Å². The second-order valence-corrected chi connectivity index (χ2v) is 7.16. The highest BCUT2D eigenvalue weighted by atomic mass is 35.5. The maximum absolute atomic E-state index is 11.6. The second kappa shape index (κ2) is 6.19. The molecule has 1 aromatic rings. The van der Waals surface area contributed by atoms with E-state index in [1.165, 1.54) is 5.56 Å². The molecular formula is C17H23ClN2O2. The first-order chi connectivity index (χ1) is 10.5. The van der Waals surface area contributed by atoms with E-state index in [0.29, 0.717) is 5.92 Å². The van der Waals surface area contributed by atoms with Crippen LogP contribution >= 0.6 is 11.6 Å². The molecule has 5 heteroatoms. The third kappa shape index (κ3) is 3.00. The number of hydrogen-bond donors (Lipinski definition) is 1. The molecule has 2 aliphatic rings. The van der Waals surface area contributed by atoms with Gasteiger partial charge in [0.15, 0.2) is 0 Å². The van der Waals surface area contributed by atoms with Gasteiger partial charge in [-0.2, -0.15) is 0 Å². The first kappa shape index (κ1) is 15.8. The number of halogens is 1. The van der Waals surface area contributed by atoms with E-state index in [1.807, 2.05) is 17.0 Å². The standard InChI is InChI=1S/C17H23ClN2O2/c1-13(22)20-7-6-17(12-21)11-19(9-15(17)10-20)8-14-2-4-16(18)5-3-14/h2-5,15,21H,6-12H2,1H3. The van der Waals surface area contributed by atoms with Gasteiger partial charge in [0.05, 0.1) is 6.61 Å². The number of likely N-dealkylation sites (tertiary alicyclic amines) is 2. The Balaban J connectivity index is 1.70. The van der Waals surface area contributed by atoms with E-state index < -0.39 is 0 Å². The van der Waals surface area contributed by atoms with Crippen LogP contribution in [0.2, 0.25) is 5.02 Å². The highest BCUT2D eigenvalue weighted by Crippen LogP contribution is 2.42. The molecule has 2 aliphatic heterocycles. The number of nitrogens with zero attached hydrogens (tertiary/aromatic N) is 2. The van der Waals surface area contributed by atoms with Crippen molar-refractivity contribution >= 4 is 17.5 Å². The van der Waals surface area contributed by atoms with Crippen LogP contribution < -0.4 is 0 Å². The van der Waals surface area contributed by atoms with Gasteiger partial charge < -0.3 is 10.0 Å². The van der Waals surface area contributed by atoms with Crippen LogP contribution in [0.25, 0.3) is 0 Å². The largest absolute Gasteiger partial charge is 0.396 e. The Bertz CT molecular complexity index is 548. The molecule has 0 spiro atoms. The lowest BCUT2D eigenvalue weighted by Gasteiger charge is -2.42. The van der Waals surface area contributed by atoms with Gasteiger partial charge in [0, 0.05) is 50.1 Å². The molecule has 0 saturated carbocycles. The Kier molecular flexibility index (Phi) is 4.44. The average molecular weight is 323 g/mol. The highest BCUT2D eigenvalue weighted by molar-refractivity contribution is 6.30. The summed E-state index contributed by atoms with van der Waals surface area (Å²) >= 11 is 5.93. The number of aliphatic hydroxyl groups is 1. The molecule has 1 amide bonds. The zero-order chi connectivity index (χ0) is 15.7. The summed E-state index contributed by atoms with van der Waals surface area (Å²) in [5.74, 6) is 0.505. The first-order valence-electron chi connectivity index (χ1n) is 7.85. The molecule has 2 saturated heterocycles. The molecule has 2 atom stereocenters. The zero-order valence-corrected chi connectivity index (χ0v) is 13.7. The van der Waals surface area contributed by atoms with Crippen molar-refractivity contribution in [3.8, 4) is 0 Å². The molecule has 2 heterocycles. The molecule has 2 fully saturated rings. The molecule has 0 aromatic heterocycles. The van der Waals surface area contributed by atoms with Crippen LogP contribution in [0.5, 0.6) is 0 Å². The molecule has 0 bridgehead atoms. The van der Waals surface area contributed by atoms with E-state index in [-0.39, 0.29) is 17.9 Å². The summed E-state index contributed by atoms with van der Waals surface area (Å²) in [6.07, 6.45) is 0.894. The SMILES string of the molecule is CC(=O)N1CCC2(CO)CN(Cc3ccc(Cl)cc3)CC2C1. The number of carbonyl (C=O) groups excluding carboxylic acids is 1. The summed E-state index contributed by atoms with van der Waals surface area (Å²) in [4.78, 5) is 15.9. The van der Waals surface area contributed by atoms with Gasteiger partial charge in [0.25, 0.3) is 0 Å². The number of benzene rings is 1. The van der Waals surface area contributed by atoms with E-state index >= 15 is 0 Å². The summed E-state index contributed by atoms with van der Waals surface area (Å²) in [7, 11) is 0.